The van der Waals surface area contributed by atoms with Crippen molar-refractivity contribution in [3.63, 3.8) is 0 Å². The summed E-state index contributed by atoms with van der Waals surface area (Å²) < 4.78 is 11.9. The molecule has 0 aliphatic heterocycles. The average molecular weight is 657 g/mol. The molecule has 3 aromatic heterocycles. The third-order valence-electron chi connectivity index (χ3n) is 10.2. The second-order valence-corrected chi connectivity index (χ2v) is 14.0. The van der Waals surface area contributed by atoms with E-state index in [-0.39, 0.29) is 0 Å². The number of aromatic nitrogens is 1. The van der Waals surface area contributed by atoms with Crippen LogP contribution in [0.2, 0.25) is 0 Å². The molecule has 0 atom stereocenters. The fraction of sp³-hybridized carbons (Fsp3) is 0. The molecule has 4 heteroatoms. The fourth-order valence-corrected chi connectivity index (χ4v) is 9.06. The highest BCUT2D eigenvalue weighted by Gasteiger charge is 2.22. The van der Waals surface area contributed by atoms with Crippen molar-refractivity contribution >= 4 is 103 Å². The maximum atomic E-state index is 6.94. The molecule has 3 heterocycles. The Morgan fingerprint density at radius 2 is 1.06 bits per heavy atom. The Labute approximate surface area is 291 Å². The van der Waals surface area contributed by atoms with Crippen LogP contribution in [0.15, 0.2) is 174 Å². The second kappa shape index (κ2) is 10.6. The van der Waals surface area contributed by atoms with E-state index in [2.05, 4.69) is 179 Å². The molecule has 11 rings (SSSR count). The minimum absolute atomic E-state index is 0.874. The summed E-state index contributed by atoms with van der Waals surface area (Å²) in [6.07, 6.45) is 0. The van der Waals surface area contributed by atoms with Crippen molar-refractivity contribution in [2.45, 2.75) is 0 Å². The van der Waals surface area contributed by atoms with Crippen molar-refractivity contribution in [2.24, 2.45) is 0 Å². The van der Waals surface area contributed by atoms with Crippen LogP contribution in [0.25, 0.3) is 80.4 Å². The standard InChI is InChI=1S/C46H28N2OS/c1-2-12-30(13-3-1)48-40-18-8-6-15-34(40)35-25-22-31(27-42(35)48)47(32-23-26-37-36-16-7-9-20-43(36)50-44(37)28-32)41-19-10-17-38-39-24-21-29-11-4-5-14-33(29)45(39)49-46(38)41/h1-28H. The lowest BCUT2D eigenvalue weighted by Crippen LogP contribution is -2.10. The number of thiophene rings is 1. The van der Waals surface area contributed by atoms with E-state index in [4.69, 9.17) is 4.42 Å². The topological polar surface area (TPSA) is 21.3 Å². The molecule has 0 fully saturated rings. The zero-order valence-corrected chi connectivity index (χ0v) is 27.7. The van der Waals surface area contributed by atoms with Gasteiger partial charge in [0.05, 0.1) is 16.7 Å². The van der Waals surface area contributed by atoms with E-state index < -0.39 is 0 Å². The van der Waals surface area contributed by atoms with Gasteiger partial charge in [0.25, 0.3) is 0 Å². The molecule has 0 spiro atoms. The van der Waals surface area contributed by atoms with Gasteiger partial charge >= 0.3 is 0 Å². The minimum atomic E-state index is 0.874. The number of hydrogen-bond donors (Lipinski definition) is 0. The first-order valence-electron chi connectivity index (χ1n) is 16.9. The van der Waals surface area contributed by atoms with E-state index in [1.165, 1.54) is 41.8 Å². The van der Waals surface area contributed by atoms with Gasteiger partial charge in [-0.25, -0.2) is 0 Å². The van der Waals surface area contributed by atoms with Crippen molar-refractivity contribution in [3.8, 4) is 5.69 Å². The number of para-hydroxylation sites is 3. The highest BCUT2D eigenvalue weighted by atomic mass is 32.1. The summed E-state index contributed by atoms with van der Waals surface area (Å²) in [6, 6.07) is 61.2. The Kier molecular flexibility index (Phi) is 5.83. The Bertz CT molecular complexity index is 3110. The van der Waals surface area contributed by atoms with Gasteiger partial charge in [-0.3, -0.25) is 0 Å². The quantitative estimate of drug-likeness (QED) is 0.188. The molecule has 50 heavy (non-hydrogen) atoms. The summed E-state index contributed by atoms with van der Waals surface area (Å²) in [5.41, 5.74) is 8.44. The van der Waals surface area contributed by atoms with Gasteiger partial charge in [0, 0.05) is 64.2 Å². The Morgan fingerprint density at radius 1 is 0.420 bits per heavy atom. The lowest BCUT2D eigenvalue weighted by molar-refractivity contribution is 0.673. The summed E-state index contributed by atoms with van der Waals surface area (Å²) in [6.45, 7) is 0. The molecule has 234 valence electrons. The summed E-state index contributed by atoms with van der Waals surface area (Å²) >= 11 is 1.84. The monoisotopic (exact) mass is 656 g/mol. The normalized spacial score (nSPS) is 12.0. The van der Waals surface area contributed by atoms with Gasteiger partial charge in [-0.05, 0) is 66.0 Å². The molecule has 8 aromatic carbocycles. The van der Waals surface area contributed by atoms with Gasteiger partial charge in [-0.1, -0.05) is 109 Å². The van der Waals surface area contributed by atoms with Gasteiger partial charge in [0.2, 0.25) is 0 Å². The first-order valence-corrected chi connectivity index (χ1v) is 17.7. The lowest BCUT2D eigenvalue weighted by Gasteiger charge is -2.26. The van der Waals surface area contributed by atoms with Crippen molar-refractivity contribution < 1.29 is 4.42 Å². The van der Waals surface area contributed by atoms with E-state index >= 15 is 0 Å². The predicted molar refractivity (Wildman–Crippen MR) is 213 cm³/mol. The maximum absolute atomic E-state index is 6.94. The smallest absolute Gasteiger partial charge is 0.159 e. The molecule has 0 bridgehead atoms. The van der Waals surface area contributed by atoms with Gasteiger partial charge < -0.3 is 13.9 Å². The van der Waals surface area contributed by atoms with Crippen molar-refractivity contribution in [1.82, 2.24) is 4.57 Å². The molecule has 0 saturated carbocycles. The molecule has 0 saturated heterocycles. The Balaban J connectivity index is 1.22. The lowest BCUT2D eigenvalue weighted by atomic mass is 10.1. The van der Waals surface area contributed by atoms with Crippen LogP contribution in [0.5, 0.6) is 0 Å². The van der Waals surface area contributed by atoms with Gasteiger partial charge in [0.1, 0.15) is 5.58 Å². The van der Waals surface area contributed by atoms with Crippen LogP contribution < -0.4 is 4.90 Å². The van der Waals surface area contributed by atoms with Crippen molar-refractivity contribution in [2.75, 3.05) is 4.90 Å². The van der Waals surface area contributed by atoms with E-state index in [0.29, 0.717) is 0 Å². The Morgan fingerprint density at radius 3 is 1.96 bits per heavy atom. The summed E-state index contributed by atoms with van der Waals surface area (Å²) in [5, 5.41) is 9.57. The van der Waals surface area contributed by atoms with Crippen LogP contribution in [-0.2, 0) is 0 Å². The van der Waals surface area contributed by atoms with E-state index in [9.17, 15) is 0 Å². The molecular formula is C46H28N2OS. The largest absolute Gasteiger partial charge is 0.453 e. The number of nitrogens with zero attached hydrogens (tertiary/aromatic N) is 2. The second-order valence-electron chi connectivity index (χ2n) is 12.9. The number of hydrogen-bond acceptors (Lipinski definition) is 3. The van der Waals surface area contributed by atoms with Gasteiger partial charge in [-0.2, -0.15) is 0 Å². The highest BCUT2D eigenvalue weighted by Crippen LogP contribution is 2.46. The molecule has 11 aromatic rings. The first-order chi connectivity index (χ1) is 24.8. The number of benzene rings is 8. The molecule has 0 aliphatic rings. The van der Waals surface area contributed by atoms with E-state index in [1.807, 2.05) is 11.3 Å². The van der Waals surface area contributed by atoms with Gasteiger partial charge in [-0.15, -0.1) is 11.3 Å². The fourth-order valence-electron chi connectivity index (χ4n) is 7.92. The average Bonchev–Trinajstić information content (AvgIpc) is 3.85. The number of fused-ring (bicyclic) bond motifs is 11. The zero-order chi connectivity index (χ0) is 32.8. The minimum Gasteiger partial charge on any atom is -0.453 e. The molecule has 0 N–H and O–H groups in total. The zero-order valence-electron chi connectivity index (χ0n) is 26.9. The van der Waals surface area contributed by atoms with Crippen LogP contribution in [0.3, 0.4) is 0 Å². The van der Waals surface area contributed by atoms with Crippen molar-refractivity contribution in [3.05, 3.63) is 170 Å². The molecular weight excluding hydrogens is 629 g/mol. The van der Waals surface area contributed by atoms with Crippen LogP contribution >= 0.6 is 11.3 Å². The SMILES string of the molecule is c1ccc(-n2c3ccccc3c3ccc(N(c4ccc5c(c4)sc4ccccc45)c4cccc5c4oc4c6ccccc6ccc54)cc32)cc1. The van der Waals surface area contributed by atoms with E-state index in [0.717, 1.165) is 55.6 Å². The number of rotatable bonds is 4. The molecule has 0 radical (unpaired) electrons. The highest BCUT2D eigenvalue weighted by molar-refractivity contribution is 7.25. The molecule has 3 nitrogen and oxygen atoms in total. The van der Waals surface area contributed by atoms with Crippen LogP contribution in [0.1, 0.15) is 0 Å². The summed E-state index contributed by atoms with van der Waals surface area (Å²) in [4.78, 5) is 2.38. The third-order valence-corrected chi connectivity index (χ3v) is 11.3. The molecule has 0 aliphatic carbocycles. The summed E-state index contributed by atoms with van der Waals surface area (Å²) in [7, 11) is 0. The predicted octanol–water partition coefficient (Wildman–Crippen LogP) is 13.7. The van der Waals surface area contributed by atoms with Crippen molar-refractivity contribution in [1.29, 1.82) is 0 Å². The number of anilines is 3. The first kappa shape index (κ1) is 27.6. The van der Waals surface area contributed by atoms with Crippen LogP contribution in [-0.4, -0.2) is 4.57 Å². The maximum Gasteiger partial charge on any atom is 0.159 e. The molecule has 0 amide bonds. The van der Waals surface area contributed by atoms with E-state index in [1.54, 1.807) is 0 Å². The van der Waals surface area contributed by atoms with Gasteiger partial charge in [0.15, 0.2) is 5.58 Å². The summed E-state index contributed by atoms with van der Waals surface area (Å²) in [5.74, 6) is 0. The van der Waals surface area contributed by atoms with Crippen LogP contribution in [0, 0.1) is 0 Å². The third kappa shape index (κ3) is 3.97. The number of furan rings is 1. The molecule has 0 unspecified atom stereocenters. The van der Waals surface area contributed by atoms with Crippen LogP contribution in [0.4, 0.5) is 17.1 Å². The Hall–Kier alpha value is -6.36.